The highest BCUT2D eigenvalue weighted by Gasteiger charge is 2.32. The molecule has 1 aliphatic rings. The second-order valence-corrected chi connectivity index (χ2v) is 8.13. The predicted octanol–water partition coefficient (Wildman–Crippen LogP) is 3.46. The summed E-state index contributed by atoms with van der Waals surface area (Å²) in [5.41, 5.74) is 1.15. The summed E-state index contributed by atoms with van der Waals surface area (Å²) in [7, 11) is 0.653. The van der Waals surface area contributed by atoms with E-state index in [0.717, 1.165) is 24.3 Å². The SMILES string of the molecule is COc1ccc([C@@H]2C=CCCN2S(=O)C(C)(C)C)cc1. The van der Waals surface area contributed by atoms with Crippen LogP contribution in [0, 0.1) is 0 Å². The van der Waals surface area contributed by atoms with E-state index in [2.05, 4.69) is 16.5 Å². The molecule has 4 heteroatoms. The Morgan fingerprint density at radius 3 is 2.45 bits per heavy atom. The zero-order valence-electron chi connectivity index (χ0n) is 12.6. The first-order chi connectivity index (χ1) is 9.43. The van der Waals surface area contributed by atoms with Gasteiger partial charge in [0.1, 0.15) is 16.7 Å². The van der Waals surface area contributed by atoms with E-state index in [1.54, 1.807) is 7.11 Å². The molecule has 1 heterocycles. The monoisotopic (exact) mass is 293 g/mol. The van der Waals surface area contributed by atoms with Gasteiger partial charge in [-0.2, -0.15) is 0 Å². The lowest BCUT2D eigenvalue weighted by Gasteiger charge is -2.35. The third kappa shape index (κ3) is 3.30. The zero-order chi connectivity index (χ0) is 14.8. The quantitative estimate of drug-likeness (QED) is 0.799. The van der Waals surface area contributed by atoms with Crippen LogP contribution in [0.2, 0.25) is 0 Å². The predicted molar refractivity (Wildman–Crippen MR) is 84.1 cm³/mol. The van der Waals surface area contributed by atoms with Crippen molar-refractivity contribution in [2.45, 2.75) is 38.0 Å². The summed E-state index contributed by atoms with van der Waals surface area (Å²) < 4.78 is 19.7. The average molecular weight is 293 g/mol. The Kier molecular flexibility index (Phi) is 4.66. The second kappa shape index (κ2) is 6.10. The topological polar surface area (TPSA) is 29.5 Å². The van der Waals surface area contributed by atoms with Gasteiger partial charge < -0.3 is 4.74 Å². The first-order valence-electron chi connectivity index (χ1n) is 6.93. The van der Waals surface area contributed by atoms with E-state index in [-0.39, 0.29) is 10.8 Å². The van der Waals surface area contributed by atoms with Crippen LogP contribution in [0.3, 0.4) is 0 Å². The number of benzene rings is 1. The Balaban J connectivity index is 2.28. The van der Waals surface area contributed by atoms with E-state index in [1.165, 1.54) is 0 Å². The first kappa shape index (κ1) is 15.3. The number of hydrogen-bond donors (Lipinski definition) is 0. The van der Waals surface area contributed by atoms with Crippen molar-refractivity contribution < 1.29 is 8.95 Å². The molecule has 3 nitrogen and oxygen atoms in total. The van der Waals surface area contributed by atoms with Crippen molar-refractivity contribution in [1.82, 2.24) is 4.31 Å². The molecule has 0 saturated heterocycles. The molecule has 0 aromatic heterocycles. The maximum atomic E-state index is 12.7. The molecule has 0 fully saturated rings. The molecule has 0 N–H and O–H groups in total. The van der Waals surface area contributed by atoms with Gasteiger partial charge in [-0.15, -0.1) is 0 Å². The summed E-state index contributed by atoms with van der Waals surface area (Å²) in [6, 6.07) is 8.08. The van der Waals surface area contributed by atoms with Crippen molar-refractivity contribution in [2.75, 3.05) is 13.7 Å². The van der Waals surface area contributed by atoms with Gasteiger partial charge in [0.15, 0.2) is 0 Å². The van der Waals surface area contributed by atoms with Crippen molar-refractivity contribution >= 4 is 11.0 Å². The molecule has 2 rings (SSSR count). The number of nitrogens with zero attached hydrogens (tertiary/aromatic N) is 1. The first-order valence-corrected chi connectivity index (χ1v) is 8.03. The molecule has 20 heavy (non-hydrogen) atoms. The lowest BCUT2D eigenvalue weighted by Crippen LogP contribution is -2.41. The Labute approximate surface area is 124 Å². The highest BCUT2D eigenvalue weighted by molar-refractivity contribution is 7.84. The van der Waals surface area contributed by atoms with Gasteiger partial charge in [-0.25, -0.2) is 8.51 Å². The smallest absolute Gasteiger partial charge is 0.118 e. The van der Waals surface area contributed by atoms with E-state index >= 15 is 0 Å². The molecule has 0 spiro atoms. The molecule has 1 aromatic rings. The van der Waals surface area contributed by atoms with Gasteiger partial charge in [0, 0.05) is 6.54 Å². The molecular formula is C16H23NO2S. The number of methoxy groups -OCH3 is 1. The molecule has 0 amide bonds. The van der Waals surface area contributed by atoms with Crippen LogP contribution in [0.25, 0.3) is 0 Å². The molecule has 0 bridgehead atoms. The third-order valence-electron chi connectivity index (χ3n) is 3.34. The van der Waals surface area contributed by atoms with E-state index in [4.69, 9.17) is 4.74 Å². The fraction of sp³-hybridized carbons (Fsp3) is 0.500. The lowest BCUT2D eigenvalue weighted by molar-refractivity contribution is 0.374. The van der Waals surface area contributed by atoms with Crippen LogP contribution < -0.4 is 4.74 Å². The molecule has 110 valence electrons. The summed E-state index contributed by atoms with van der Waals surface area (Å²) in [5.74, 6) is 0.844. The summed E-state index contributed by atoms with van der Waals surface area (Å²) in [6.45, 7) is 6.89. The Bertz CT molecular complexity index is 502. The Morgan fingerprint density at radius 1 is 1.25 bits per heavy atom. The van der Waals surface area contributed by atoms with Gasteiger partial charge in [0.25, 0.3) is 0 Å². The Hall–Kier alpha value is -1.13. The van der Waals surface area contributed by atoms with Crippen LogP contribution in [0.1, 0.15) is 38.8 Å². The highest BCUT2D eigenvalue weighted by Crippen LogP contribution is 2.31. The Morgan fingerprint density at radius 2 is 1.90 bits per heavy atom. The zero-order valence-corrected chi connectivity index (χ0v) is 13.4. The van der Waals surface area contributed by atoms with E-state index < -0.39 is 11.0 Å². The van der Waals surface area contributed by atoms with Crippen molar-refractivity contribution in [1.29, 1.82) is 0 Å². The van der Waals surface area contributed by atoms with Crippen LogP contribution >= 0.6 is 0 Å². The molecule has 1 aromatic carbocycles. The van der Waals surface area contributed by atoms with Crippen LogP contribution in [-0.2, 0) is 11.0 Å². The molecule has 0 radical (unpaired) electrons. The van der Waals surface area contributed by atoms with E-state index in [1.807, 2.05) is 45.0 Å². The number of hydrogen-bond acceptors (Lipinski definition) is 2. The lowest BCUT2D eigenvalue weighted by atomic mass is 10.0. The molecule has 0 saturated carbocycles. The second-order valence-electron chi connectivity index (χ2n) is 5.94. The highest BCUT2D eigenvalue weighted by atomic mass is 32.2. The normalized spacial score (nSPS) is 21.7. The minimum absolute atomic E-state index is 0.0784. The molecule has 2 atom stereocenters. The minimum Gasteiger partial charge on any atom is -0.497 e. The van der Waals surface area contributed by atoms with Crippen LogP contribution in [0.5, 0.6) is 5.75 Å². The van der Waals surface area contributed by atoms with Gasteiger partial charge in [0.2, 0.25) is 0 Å². The number of ether oxygens (including phenoxy) is 1. The summed E-state index contributed by atoms with van der Waals surface area (Å²) in [6.07, 6.45) is 5.27. The number of rotatable bonds is 3. The summed E-state index contributed by atoms with van der Waals surface area (Å²) >= 11 is 0. The standard InChI is InChI=1S/C16H23NO2S/c1-16(2,3)20(18)17-12-6-5-7-15(17)13-8-10-14(19-4)11-9-13/h5,7-11,15H,6,12H2,1-4H3/t15-,20?/m0/s1. The van der Waals surface area contributed by atoms with Gasteiger partial charge in [-0.3, -0.25) is 0 Å². The summed E-state index contributed by atoms with van der Waals surface area (Å²) in [4.78, 5) is 0. The van der Waals surface area contributed by atoms with Gasteiger partial charge >= 0.3 is 0 Å². The van der Waals surface area contributed by atoms with Crippen LogP contribution in [0.4, 0.5) is 0 Å². The minimum atomic E-state index is -1.01. The fourth-order valence-electron chi connectivity index (χ4n) is 2.28. The van der Waals surface area contributed by atoms with Crippen LogP contribution in [-0.4, -0.2) is 26.9 Å². The molecule has 1 aliphatic heterocycles. The van der Waals surface area contributed by atoms with E-state index in [0.29, 0.717) is 0 Å². The summed E-state index contributed by atoms with van der Waals surface area (Å²) in [5, 5.41) is 0. The van der Waals surface area contributed by atoms with Crippen molar-refractivity contribution in [3.8, 4) is 5.75 Å². The van der Waals surface area contributed by atoms with Crippen molar-refractivity contribution in [2.24, 2.45) is 0 Å². The van der Waals surface area contributed by atoms with Crippen LogP contribution in [0.15, 0.2) is 36.4 Å². The largest absolute Gasteiger partial charge is 0.497 e. The maximum Gasteiger partial charge on any atom is 0.118 e. The van der Waals surface area contributed by atoms with Gasteiger partial charge in [-0.1, -0.05) is 24.3 Å². The fourth-order valence-corrected chi connectivity index (χ4v) is 3.65. The molecule has 1 unspecified atom stereocenters. The van der Waals surface area contributed by atoms with Crippen molar-refractivity contribution in [3.05, 3.63) is 42.0 Å². The van der Waals surface area contributed by atoms with Gasteiger partial charge in [-0.05, 0) is 44.9 Å². The van der Waals surface area contributed by atoms with Crippen molar-refractivity contribution in [3.63, 3.8) is 0 Å². The van der Waals surface area contributed by atoms with E-state index in [9.17, 15) is 4.21 Å². The third-order valence-corrected chi connectivity index (χ3v) is 5.22. The molecule has 0 aliphatic carbocycles. The average Bonchev–Trinajstić information content (AvgIpc) is 2.45. The molecular weight excluding hydrogens is 270 g/mol. The van der Waals surface area contributed by atoms with Gasteiger partial charge in [0.05, 0.1) is 17.9 Å². The maximum absolute atomic E-state index is 12.7.